The summed E-state index contributed by atoms with van der Waals surface area (Å²) in [5.41, 5.74) is 3.80. The molecule has 31 heavy (non-hydrogen) atoms. The van der Waals surface area contributed by atoms with Crippen molar-refractivity contribution in [2.75, 3.05) is 6.26 Å². The average Bonchev–Trinajstić information content (AvgIpc) is 2.78. The number of hydrogen-bond donors (Lipinski definition) is 0. The molecule has 156 valence electrons. The highest BCUT2D eigenvalue weighted by Crippen LogP contribution is 2.37. The summed E-state index contributed by atoms with van der Waals surface area (Å²) in [7, 11) is 0. The van der Waals surface area contributed by atoms with E-state index < -0.39 is 0 Å². The lowest BCUT2D eigenvalue weighted by Gasteiger charge is -2.13. The van der Waals surface area contributed by atoms with Crippen LogP contribution in [0.5, 0.6) is 6.01 Å². The van der Waals surface area contributed by atoms with Gasteiger partial charge in [0.1, 0.15) is 12.4 Å². The third-order valence-corrected chi connectivity index (χ3v) is 5.90. The monoisotopic (exact) mass is 470 g/mol. The highest BCUT2D eigenvalue weighted by molar-refractivity contribution is 7.98. The van der Waals surface area contributed by atoms with Gasteiger partial charge in [0.15, 0.2) is 0 Å². The van der Waals surface area contributed by atoms with Crippen LogP contribution in [0.25, 0.3) is 22.4 Å². The van der Waals surface area contributed by atoms with Crippen molar-refractivity contribution in [3.63, 3.8) is 0 Å². The maximum absolute atomic E-state index is 13.4. The van der Waals surface area contributed by atoms with E-state index in [-0.39, 0.29) is 18.4 Å². The number of rotatable bonds is 6. The highest BCUT2D eigenvalue weighted by Gasteiger charge is 2.16. The largest absolute Gasteiger partial charge is 0.459 e. The number of ether oxygens (including phenoxy) is 1. The van der Waals surface area contributed by atoms with Crippen molar-refractivity contribution in [2.24, 2.45) is 0 Å². The summed E-state index contributed by atoms with van der Waals surface area (Å²) in [6.07, 6.45) is 3.69. The van der Waals surface area contributed by atoms with E-state index in [9.17, 15) is 4.39 Å². The minimum Gasteiger partial charge on any atom is -0.459 e. The van der Waals surface area contributed by atoms with E-state index in [1.54, 1.807) is 30.1 Å². The second kappa shape index (κ2) is 9.69. The molecule has 4 aromatic rings. The van der Waals surface area contributed by atoms with E-state index in [2.05, 4.69) is 9.97 Å². The molecular formula is C24H17Cl2FN2OS. The van der Waals surface area contributed by atoms with Crippen LogP contribution in [0.3, 0.4) is 0 Å². The zero-order valence-electron chi connectivity index (χ0n) is 16.5. The Kier molecular flexibility index (Phi) is 6.76. The van der Waals surface area contributed by atoms with E-state index in [0.717, 1.165) is 21.6 Å². The van der Waals surface area contributed by atoms with Gasteiger partial charge in [0.05, 0.1) is 10.7 Å². The quantitative estimate of drug-likeness (QED) is 0.272. The molecule has 0 amide bonds. The zero-order valence-corrected chi connectivity index (χ0v) is 18.8. The molecule has 4 rings (SSSR count). The number of nitrogens with zero attached hydrogens (tertiary/aromatic N) is 2. The lowest BCUT2D eigenvalue weighted by atomic mass is 10.0. The predicted molar refractivity (Wildman–Crippen MR) is 125 cm³/mol. The van der Waals surface area contributed by atoms with E-state index in [1.165, 1.54) is 12.1 Å². The summed E-state index contributed by atoms with van der Waals surface area (Å²) in [5.74, 6) is -0.318. The van der Waals surface area contributed by atoms with Crippen molar-refractivity contribution < 1.29 is 9.13 Å². The first-order chi connectivity index (χ1) is 15.0. The third-order valence-electron chi connectivity index (χ3n) is 4.61. The Morgan fingerprint density at radius 1 is 0.968 bits per heavy atom. The summed E-state index contributed by atoms with van der Waals surface area (Å²) in [4.78, 5) is 10.1. The van der Waals surface area contributed by atoms with Crippen LogP contribution >= 0.6 is 35.0 Å². The molecule has 7 heteroatoms. The van der Waals surface area contributed by atoms with Crippen molar-refractivity contribution in [3.8, 4) is 28.4 Å². The smallest absolute Gasteiger partial charge is 0.317 e. The van der Waals surface area contributed by atoms with E-state index >= 15 is 0 Å². The number of halogens is 3. The molecule has 0 unspecified atom stereocenters. The first kappa shape index (κ1) is 21.6. The minimum atomic E-state index is -0.318. The van der Waals surface area contributed by atoms with Crippen LogP contribution in [0.15, 0.2) is 77.8 Å². The first-order valence-corrected chi connectivity index (χ1v) is 11.4. The van der Waals surface area contributed by atoms with Crippen molar-refractivity contribution in [2.45, 2.75) is 11.5 Å². The molecule has 0 saturated heterocycles. The summed E-state index contributed by atoms with van der Waals surface area (Å²) >= 11 is 14.3. The zero-order chi connectivity index (χ0) is 21.8. The standard InChI is InChI=1S/C24H17Cl2FN2OS/c1-31-19-9-10-20(22(26)12-19)23-21(16-5-7-17(25)8-6-16)13-28-24(29-23)30-14-15-3-2-4-18(27)11-15/h2-13H,14H2,1H3. The molecule has 0 N–H and O–H groups in total. The van der Waals surface area contributed by atoms with Crippen LogP contribution < -0.4 is 4.74 Å². The van der Waals surface area contributed by atoms with Crippen molar-refractivity contribution in [1.29, 1.82) is 0 Å². The molecule has 0 aliphatic carbocycles. The van der Waals surface area contributed by atoms with Gasteiger partial charge >= 0.3 is 6.01 Å². The van der Waals surface area contributed by atoms with Crippen molar-refractivity contribution in [3.05, 3.63) is 94.4 Å². The lowest BCUT2D eigenvalue weighted by Crippen LogP contribution is -2.02. The van der Waals surface area contributed by atoms with Gasteiger partial charge in [-0.05, 0) is 53.8 Å². The van der Waals surface area contributed by atoms with Gasteiger partial charge in [-0.15, -0.1) is 11.8 Å². The second-order valence-corrected chi connectivity index (χ2v) is 8.41. The maximum Gasteiger partial charge on any atom is 0.317 e. The van der Waals surface area contributed by atoms with Gasteiger partial charge in [0.25, 0.3) is 0 Å². The molecule has 1 heterocycles. The van der Waals surface area contributed by atoms with Crippen LogP contribution in [0.4, 0.5) is 4.39 Å². The van der Waals surface area contributed by atoms with Crippen LogP contribution in [0.2, 0.25) is 10.0 Å². The van der Waals surface area contributed by atoms with Crippen LogP contribution in [-0.4, -0.2) is 16.2 Å². The third kappa shape index (κ3) is 5.18. The summed E-state index contributed by atoms with van der Waals surface area (Å²) in [5, 5.41) is 1.22. The lowest BCUT2D eigenvalue weighted by molar-refractivity contribution is 0.280. The Hall–Kier alpha value is -2.60. The van der Waals surface area contributed by atoms with E-state index in [0.29, 0.717) is 21.3 Å². The van der Waals surface area contributed by atoms with E-state index in [4.69, 9.17) is 27.9 Å². The Bertz CT molecular complexity index is 1220. The fraction of sp³-hybridized carbons (Fsp3) is 0.0833. The Morgan fingerprint density at radius 2 is 1.77 bits per heavy atom. The van der Waals surface area contributed by atoms with Gasteiger partial charge in [-0.25, -0.2) is 9.37 Å². The summed E-state index contributed by atoms with van der Waals surface area (Å²) in [6.45, 7) is 0.149. The topological polar surface area (TPSA) is 35.0 Å². The molecule has 3 aromatic carbocycles. The predicted octanol–water partition coefficient (Wildman–Crippen LogP) is 7.56. The second-order valence-electron chi connectivity index (χ2n) is 6.69. The first-order valence-electron chi connectivity index (χ1n) is 9.37. The molecule has 0 aliphatic rings. The minimum absolute atomic E-state index is 0.149. The van der Waals surface area contributed by atoms with Crippen molar-refractivity contribution in [1.82, 2.24) is 9.97 Å². The maximum atomic E-state index is 13.4. The fourth-order valence-electron chi connectivity index (χ4n) is 3.07. The normalized spacial score (nSPS) is 10.8. The molecule has 0 spiro atoms. The molecule has 0 fully saturated rings. The molecule has 0 radical (unpaired) electrons. The summed E-state index contributed by atoms with van der Waals surface area (Å²) in [6, 6.07) is 19.7. The van der Waals surface area contributed by atoms with Crippen LogP contribution in [-0.2, 0) is 6.61 Å². The van der Waals surface area contributed by atoms with Crippen LogP contribution in [0.1, 0.15) is 5.56 Å². The Labute approximate surface area is 194 Å². The Morgan fingerprint density at radius 3 is 2.48 bits per heavy atom. The van der Waals surface area contributed by atoms with Gasteiger partial charge < -0.3 is 4.74 Å². The number of benzene rings is 3. The van der Waals surface area contributed by atoms with Gasteiger partial charge in [-0.1, -0.05) is 53.5 Å². The fourth-order valence-corrected chi connectivity index (χ4v) is 3.97. The van der Waals surface area contributed by atoms with Gasteiger partial charge in [0, 0.05) is 27.2 Å². The molecule has 0 bridgehead atoms. The van der Waals surface area contributed by atoms with Crippen molar-refractivity contribution >= 4 is 35.0 Å². The number of hydrogen-bond acceptors (Lipinski definition) is 4. The van der Waals surface area contributed by atoms with Crippen LogP contribution in [0, 0.1) is 5.82 Å². The molecule has 0 saturated carbocycles. The average molecular weight is 471 g/mol. The number of aromatic nitrogens is 2. The highest BCUT2D eigenvalue weighted by atomic mass is 35.5. The van der Waals surface area contributed by atoms with Gasteiger partial charge in [-0.3, -0.25) is 0 Å². The van der Waals surface area contributed by atoms with Gasteiger partial charge in [-0.2, -0.15) is 4.98 Å². The summed E-state index contributed by atoms with van der Waals surface area (Å²) < 4.78 is 19.2. The molecular weight excluding hydrogens is 454 g/mol. The van der Waals surface area contributed by atoms with Gasteiger partial charge in [0.2, 0.25) is 0 Å². The molecule has 0 atom stereocenters. The molecule has 1 aromatic heterocycles. The molecule has 0 aliphatic heterocycles. The SMILES string of the molecule is CSc1ccc(-c2nc(OCc3cccc(F)c3)ncc2-c2ccc(Cl)cc2)c(Cl)c1. The molecule has 3 nitrogen and oxygen atoms in total. The number of thioether (sulfide) groups is 1. The Balaban J connectivity index is 1.74. The van der Waals surface area contributed by atoms with E-state index in [1.807, 2.05) is 48.7 Å².